The Kier molecular flexibility index (Phi) is 5.33. The zero-order valence-electron chi connectivity index (χ0n) is 12.3. The van der Waals surface area contributed by atoms with E-state index >= 15 is 0 Å². The number of esters is 1. The van der Waals surface area contributed by atoms with E-state index in [1.165, 1.54) is 0 Å². The molecule has 0 bridgehead atoms. The summed E-state index contributed by atoms with van der Waals surface area (Å²) in [7, 11) is 0. The lowest BCUT2D eigenvalue weighted by Gasteiger charge is -2.10. The van der Waals surface area contributed by atoms with Gasteiger partial charge in [0.25, 0.3) is 5.91 Å². The first kappa shape index (κ1) is 16.2. The summed E-state index contributed by atoms with van der Waals surface area (Å²) in [5, 5.41) is 2.77. The number of halogens is 1. The maximum atomic E-state index is 12.2. The summed E-state index contributed by atoms with van der Waals surface area (Å²) < 4.78 is 5.97. The number of rotatable bonds is 4. The van der Waals surface area contributed by atoms with E-state index in [0.717, 1.165) is 4.47 Å². The molecule has 0 fully saturated rings. The Balaban J connectivity index is 2.13. The molecule has 0 atom stereocenters. The van der Waals surface area contributed by atoms with Crippen LogP contribution in [-0.2, 0) is 4.74 Å². The van der Waals surface area contributed by atoms with E-state index in [1.807, 2.05) is 6.07 Å². The highest BCUT2D eigenvalue weighted by atomic mass is 79.9. The second kappa shape index (κ2) is 7.22. The monoisotopic (exact) mass is 361 g/mol. The van der Waals surface area contributed by atoms with Gasteiger partial charge in [0, 0.05) is 15.7 Å². The van der Waals surface area contributed by atoms with Crippen LogP contribution in [0, 0.1) is 0 Å². The van der Waals surface area contributed by atoms with Crippen LogP contribution in [0.15, 0.2) is 53.0 Å². The van der Waals surface area contributed by atoms with Crippen LogP contribution in [0.4, 0.5) is 5.69 Å². The molecule has 0 heterocycles. The molecule has 0 saturated heterocycles. The first-order chi connectivity index (χ1) is 10.5. The van der Waals surface area contributed by atoms with Gasteiger partial charge >= 0.3 is 5.97 Å². The standard InChI is InChI=1S/C17H16BrNO3/c1-11(2)22-17(21)13-6-4-8-15(10-13)19-16(20)12-5-3-7-14(18)9-12/h3-11H,1-2H3,(H,19,20). The van der Waals surface area contributed by atoms with E-state index in [4.69, 9.17) is 4.74 Å². The van der Waals surface area contributed by atoms with Crippen molar-refractivity contribution in [2.45, 2.75) is 20.0 Å². The minimum Gasteiger partial charge on any atom is -0.459 e. The van der Waals surface area contributed by atoms with Gasteiger partial charge in [-0.25, -0.2) is 4.79 Å². The topological polar surface area (TPSA) is 55.4 Å². The normalized spacial score (nSPS) is 10.4. The third kappa shape index (κ3) is 4.43. The Labute approximate surface area is 137 Å². The van der Waals surface area contributed by atoms with E-state index in [9.17, 15) is 9.59 Å². The highest BCUT2D eigenvalue weighted by molar-refractivity contribution is 9.10. The van der Waals surface area contributed by atoms with Crippen LogP contribution in [0.1, 0.15) is 34.6 Å². The molecule has 114 valence electrons. The maximum Gasteiger partial charge on any atom is 0.338 e. The zero-order valence-corrected chi connectivity index (χ0v) is 13.9. The fourth-order valence-electron chi connectivity index (χ4n) is 1.84. The van der Waals surface area contributed by atoms with Crippen molar-refractivity contribution >= 4 is 33.5 Å². The molecular weight excluding hydrogens is 346 g/mol. The Hall–Kier alpha value is -2.14. The first-order valence-electron chi connectivity index (χ1n) is 6.83. The number of anilines is 1. The lowest BCUT2D eigenvalue weighted by atomic mass is 10.1. The molecule has 0 spiro atoms. The van der Waals surface area contributed by atoms with Crippen LogP contribution < -0.4 is 5.32 Å². The Morgan fingerprint density at radius 1 is 1.05 bits per heavy atom. The molecule has 0 aliphatic rings. The molecule has 2 rings (SSSR count). The van der Waals surface area contributed by atoms with E-state index in [1.54, 1.807) is 56.3 Å². The Bertz CT molecular complexity index is 698. The minimum atomic E-state index is -0.409. The number of hydrogen-bond donors (Lipinski definition) is 1. The summed E-state index contributed by atoms with van der Waals surface area (Å²) in [5.41, 5.74) is 1.48. The molecular formula is C17H16BrNO3. The number of hydrogen-bond acceptors (Lipinski definition) is 3. The number of carbonyl (C=O) groups excluding carboxylic acids is 2. The SMILES string of the molecule is CC(C)OC(=O)c1cccc(NC(=O)c2cccc(Br)c2)c1. The molecule has 5 heteroatoms. The lowest BCUT2D eigenvalue weighted by Crippen LogP contribution is -2.14. The fourth-order valence-corrected chi connectivity index (χ4v) is 2.24. The number of carbonyl (C=O) groups is 2. The van der Waals surface area contributed by atoms with E-state index < -0.39 is 5.97 Å². The number of nitrogens with one attached hydrogen (secondary N) is 1. The largest absolute Gasteiger partial charge is 0.459 e. The summed E-state index contributed by atoms with van der Waals surface area (Å²) in [6.07, 6.45) is -0.188. The molecule has 2 aromatic carbocycles. The van der Waals surface area contributed by atoms with Crippen LogP contribution >= 0.6 is 15.9 Å². The summed E-state index contributed by atoms with van der Waals surface area (Å²) in [4.78, 5) is 24.0. The fraction of sp³-hybridized carbons (Fsp3) is 0.176. The molecule has 0 aromatic heterocycles. The van der Waals surface area contributed by atoms with Crippen molar-refractivity contribution < 1.29 is 14.3 Å². The van der Waals surface area contributed by atoms with Crippen LogP contribution in [-0.4, -0.2) is 18.0 Å². The third-order valence-corrected chi connectivity index (χ3v) is 3.28. The van der Waals surface area contributed by atoms with Crippen molar-refractivity contribution in [3.05, 3.63) is 64.1 Å². The summed E-state index contributed by atoms with van der Waals surface area (Å²) in [6.45, 7) is 3.58. The number of ether oxygens (including phenoxy) is 1. The average Bonchev–Trinajstić information content (AvgIpc) is 2.47. The van der Waals surface area contributed by atoms with Gasteiger partial charge in [-0.2, -0.15) is 0 Å². The third-order valence-electron chi connectivity index (χ3n) is 2.79. The van der Waals surface area contributed by atoms with Crippen molar-refractivity contribution in [3.8, 4) is 0 Å². The van der Waals surface area contributed by atoms with Crippen molar-refractivity contribution in [3.63, 3.8) is 0 Å². The smallest absolute Gasteiger partial charge is 0.338 e. The van der Waals surface area contributed by atoms with Gasteiger partial charge < -0.3 is 10.1 Å². The van der Waals surface area contributed by atoms with Gasteiger partial charge in [-0.15, -0.1) is 0 Å². The molecule has 22 heavy (non-hydrogen) atoms. The van der Waals surface area contributed by atoms with E-state index in [0.29, 0.717) is 16.8 Å². The second-order valence-electron chi connectivity index (χ2n) is 5.00. The van der Waals surface area contributed by atoms with Gasteiger partial charge in [0.15, 0.2) is 0 Å². The molecule has 2 aromatic rings. The second-order valence-corrected chi connectivity index (χ2v) is 5.92. The molecule has 0 aliphatic carbocycles. The molecule has 0 saturated carbocycles. The zero-order chi connectivity index (χ0) is 16.1. The van der Waals surface area contributed by atoms with E-state index in [-0.39, 0.29) is 12.0 Å². The average molecular weight is 362 g/mol. The van der Waals surface area contributed by atoms with Crippen LogP contribution in [0.25, 0.3) is 0 Å². The first-order valence-corrected chi connectivity index (χ1v) is 7.63. The number of benzene rings is 2. The highest BCUT2D eigenvalue weighted by Crippen LogP contribution is 2.16. The molecule has 0 radical (unpaired) electrons. The van der Waals surface area contributed by atoms with Gasteiger partial charge in [-0.3, -0.25) is 4.79 Å². The predicted molar refractivity (Wildman–Crippen MR) is 89.1 cm³/mol. The van der Waals surface area contributed by atoms with Gasteiger partial charge in [0.1, 0.15) is 0 Å². The van der Waals surface area contributed by atoms with Gasteiger partial charge in [0.2, 0.25) is 0 Å². The molecule has 4 nitrogen and oxygen atoms in total. The Morgan fingerprint density at radius 3 is 2.41 bits per heavy atom. The lowest BCUT2D eigenvalue weighted by molar-refractivity contribution is 0.0378. The van der Waals surface area contributed by atoms with E-state index in [2.05, 4.69) is 21.2 Å². The van der Waals surface area contributed by atoms with Gasteiger partial charge in [0.05, 0.1) is 11.7 Å². The number of amides is 1. The molecule has 1 amide bonds. The van der Waals surface area contributed by atoms with Gasteiger partial charge in [-0.1, -0.05) is 28.1 Å². The van der Waals surface area contributed by atoms with Crippen molar-refractivity contribution in [2.24, 2.45) is 0 Å². The van der Waals surface area contributed by atoms with Crippen molar-refractivity contribution in [1.29, 1.82) is 0 Å². The maximum absolute atomic E-state index is 12.2. The highest BCUT2D eigenvalue weighted by Gasteiger charge is 2.11. The van der Waals surface area contributed by atoms with Crippen molar-refractivity contribution in [1.82, 2.24) is 0 Å². The summed E-state index contributed by atoms with van der Waals surface area (Å²) in [6, 6.07) is 13.8. The predicted octanol–water partition coefficient (Wildman–Crippen LogP) is 4.27. The minimum absolute atomic E-state index is 0.188. The van der Waals surface area contributed by atoms with Crippen LogP contribution in [0.2, 0.25) is 0 Å². The summed E-state index contributed by atoms with van der Waals surface area (Å²) in [5.74, 6) is -0.649. The Morgan fingerprint density at radius 2 is 1.73 bits per heavy atom. The summed E-state index contributed by atoms with van der Waals surface area (Å²) >= 11 is 3.33. The van der Waals surface area contributed by atoms with Gasteiger partial charge in [-0.05, 0) is 50.2 Å². The molecule has 1 N–H and O–H groups in total. The quantitative estimate of drug-likeness (QED) is 0.827. The molecule has 0 unspecified atom stereocenters. The molecule has 0 aliphatic heterocycles. The van der Waals surface area contributed by atoms with Crippen LogP contribution in [0.5, 0.6) is 0 Å². The van der Waals surface area contributed by atoms with Crippen LogP contribution in [0.3, 0.4) is 0 Å². The van der Waals surface area contributed by atoms with Crippen molar-refractivity contribution in [2.75, 3.05) is 5.32 Å².